The molecular weight excluding hydrogens is 326 g/mol. The van der Waals surface area contributed by atoms with Crippen LogP contribution in [-0.2, 0) is 11.3 Å². The summed E-state index contributed by atoms with van der Waals surface area (Å²) in [5.41, 5.74) is 7.58. The largest absolute Gasteiger partial charge is 0.369 e. The van der Waals surface area contributed by atoms with Gasteiger partial charge in [-0.25, -0.2) is 0 Å². The summed E-state index contributed by atoms with van der Waals surface area (Å²) >= 11 is 1.00. The van der Waals surface area contributed by atoms with E-state index in [1.54, 1.807) is 0 Å². The first kappa shape index (κ1) is 16.5. The first-order valence-electron chi connectivity index (χ1n) is 7.81. The molecule has 0 saturated carbocycles. The molecule has 0 spiro atoms. The molecule has 8 heteroatoms. The lowest BCUT2D eigenvalue weighted by Crippen LogP contribution is -2.40. The third-order valence-electron chi connectivity index (χ3n) is 4.12. The first-order chi connectivity index (χ1) is 11.6. The number of nitrogens with two attached hydrogens (primary N) is 1. The maximum Gasteiger partial charge on any atom is 0.277 e. The van der Waals surface area contributed by atoms with Crippen molar-refractivity contribution in [2.24, 2.45) is 11.7 Å². The Bertz CT molecular complexity index is 702. The molecule has 3 N–H and O–H groups in total. The molecule has 2 heterocycles. The summed E-state index contributed by atoms with van der Waals surface area (Å²) in [7, 11) is 0. The molecule has 2 amide bonds. The third-order valence-corrected chi connectivity index (χ3v) is 4.60. The molecule has 24 heavy (non-hydrogen) atoms. The van der Waals surface area contributed by atoms with Crippen molar-refractivity contribution in [2.45, 2.75) is 19.4 Å². The molecule has 1 saturated heterocycles. The summed E-state index contributed by atoms with van der Waals surface area (Å²) in [6.45, 7) is 2.46. The zero-order valence-corrected chi connectivity index (χ0v) is 14.0. The van der Waals surface area contributed by atoms with Crippen molar-refractivity contribution in [3.63, 3.8) is 0 Å². The van der Waals surface area contributed by atoms with Crippen LogP contribution in [0.25, 0.3) is 0 Å². The quantitative estimate of drug-likeness (QED) is 0.855. The summed E-state index contributed by atoms with van der Waals surface area (Å²) < 4.78 is 7.72. The highest BCUT2D eigenvalue weighted by atomic mass is 32.1. The van der Waals surface area contributed by atoms with E-state index in [1.165, 1.54) is 6.20 Å². The lowest BCUT2D eigenvalue weighted by Gasteiger charge is -2.31. The maximum atomic E-state index is 11.9. The number of hydrogen-bond donors (Lipinski definition) is 2. The number of carbonyl (C=O) groups excluding carboxylic acids is 2. The summed E-state index contributed by atoms with van der Waals surface area (Å²) in [6.07, 6.45) is 3.31. The molecule has 1 aromatic heterocycles. The van der Waals surface area contributed by atoms with Crippen LogP contribution in [0.1, 0.15) is 28.9 Å². The van der Waals surface area contributed by atoms with Gasteiger partial charge in [0.25, 0.3) is 5.91 Å². The van der Waals surface area contributed by atoms with E-state index in [4.69, 9.17) is 5.73 Å². The van der Waals surface area contributed by atoms with Crippen LogP contribution in [0.3, 0.4) is 0 Å². The number of likely N-dealkylation sites (tertiary alicyclic amines) is 1. The number of primary amides is 1. The van der Waals surface area contributed by atoms with Crippen molar-refractivity contribution in [3.8, 4) is 0 Å². The van der Waals surface area contributed by atoms with Gasteiger partial charge in [0.05, 0.1) is 23.8 Å². The number of amides is 2. The fraction of sp³-hybridized carbons (Fsp3) is 0.375. The van der Waals surface area contributed by atoms with Crippen LogP contribution >= 0.6 is 11.7 Å². The zero-order valence-electron chi connectivity index (χ0n) is 13.1. The van der Waals surface area contributed by atoms with Crippen molar-refractivity contribution in [2.75, 3.05) is 18.4 Å². The number of nitrogens with one attached hydrogen (secondary N) is 1. The van der Waals surface area contributed by atoms with Gasteiger partial charge < -0.3 is 11.1 Å². The van der Waals surface area contributed by atoms with Crippen molar-refractivity contribution in [1.29, 1.82) is 0 Å². The predicted octanol–water partition coefficient (Wildman–Crippen LogP) is 1.49. The predicted molar refractivity (Wildman–Crippen MR) is 91.5 cm³/mol. The fourth-order valence-electron chi connectivity index (χ4n) is 2.84. The molecule has 1 fully saturated rings. The lowest BCUT2D eigenvalue weighted by atomic mass is 9.97. The molecule has 126 valence electrons. The number of piperidine rings is 1. The fourth-order valence-corrected chi connectivity index (χ4v) is 3.26. The minimum absolute atomic E-state index is 0.0518. The van der Waals surface area contributed by atoms with Crippen molar-refractivity contribution >= 4 is 29.2 Å². The second-order valence-corrected chi connectivity index (χ2v) is 6.48. The van der Waals surface area contributed by atoms with Crippen LogP contribution in [0.4, 0.5) is 5.69 Å². The van der Waals surface area contributed by atoms with Gasteiger partial charge in [-0.3, -0.25) is 14.5 Å². The Morgan fingerprint density at radius 3 is 2.79 bits per heavy atom. The van der Waals surface area contributed by atoms with Gasteiger partial charge in [0.1, 0.15) is 0 Å². The SMILES string of the molecule is NC(=O)[C@H]1CCCN(Cc2ccc(NC(=O)c3cnsn3)cc2)C1. The van der Waals surface area contributed by atoms with Crippen LogP contribution in [0.5, 0.6) is 0 Å². The van der Waals surface area contributed by atoms with E-state index in [-0.39, 0.29) is 17.7 Å². The number of nitrogens with zero attached hydrogens (tertiary/aromatic N) is 3. The minimum atomic E-state index is -0.267. The Morgan fingerprint density at radius 1 is 1.33 bits per heavy atom. The minimum Gasteiger partial charge on any atom is -0.369 e. The Morgan fingerprint density at radius 2 is 2.12 bits per heavy atom. The Kier molecular flexibility index (Phi) is 5.17. The summed E-state index contributed by atoms with van der Waals surface area (Å²) in [5.74, 6) is -0.532. The zero-order chi connectivity index (χ0) is 16.9. The normalized spacial score (nSPS) is 18.2. The summed E-state index contributed by atoms with van der Waals surface area (Å²) in [6, 6.07) is 7.68. The van der Waals surface area contributed by atoms with Crippen LogP contribution in [-0.4, -0.2) is 38.6 Å². The van der Waals surface area contributed by atoms with Gasteiger partial charge in [0.2, 0.25) is 5.91 Å². The molecule has 0 aliphatic carbocycles. The molecule has 1 atom stereocenters. The van der Waals surface area contributed by atoms with Crippen LogP contribution in [0, 0.1) is 5.92 Å². The van der Waals surface area contributed by atoms with Crippen LogP contribution in [0.15, 0.2) is 30.5 Å². The highest BCUT2D eigenvalue weighted by Gasteiger charge is 2.23. The van der Waals surface area contributed by atoms with Crippen molar-refractivity contribution < 1.29 is 9.59 Å². The topological polar surface area (TPSA) is 101 Å². The van der Waals surface area contributed by atoms with Gasteiger partial charge in [-0.2, -0.15) is 8.75 Å². The van der Waals surface area contributed by atoms with E-state index in [9.17, 15) is 9.59 Å². The summed E-state index contributed by atoms with van der Waals surface area (Å²) in [5, 5.41) is 2.79. The van der Waals surface area contributed by atoms with Gasteiger partial charge in [-0.15, -0.1) is 0 Å². The number of carbonyl (C=O) groups is 2. The van der Waals surface area contributed by atoms with E-state index >= 15 is 0 Å². The van der Waals surface area contributed by atoms with E-state index in [1.807, 2.05) is 24.3 Å². The van der Waals surface area contributed by atoms with Gasteiger partial charge in [0.15, 0.2) is 5.69 Å². The van der Waals surface area contributed by atoms with E-state index < -0.39 is 0 Å². The van der Waals surface area contributed by atoms with Gasteiger partial charge in [-0.05, 0) is 37.1 Å². The third kappa shape index (κ3) is 4.15. The van der Waals surface area contributed by atoms with Crippen molar-refractivity contribution in [1.82, 2.24) is 13.6 Å². The Balaban J connectivity index is 1.56. The summed E-state index contributed by atoms with van der Waals surface area (Å²) in [4.78, 5) is 25.5. The second kappa shape index (κ2) is 7.50. The number of benzene rings is 1. The van der Waals surface area contributed by atoms with Crippen LogP contribution in [0.2, 0.25) is 0 Å². The second-order valence-electron chi connectivity index (χ2n) is 5.92. The highest BCUT2D eigenvalue weighted by Crippen LogP contribution is 2.19. The molecule has 1 aliphatic rings. The molecule has 7 nitrogen and oxygen atoms in total. The first-order valence-corrected chi connectivity index (χ1v) is 8.54. The van der Waals surface area contributed by atoms with E-state index in [0.717, 1.165) is 43.2 Å². The molecule has 1 aliphatic heterocycles. The standard InChI is InChI=1S/C16H19N5O2S/c17-15(22)12-2-1-7-21(10-12)9-11-3-5-13(6-4-11)19-16(23)14-8-18-24-20-14/h3-6,8,12H,1-2,7,9-10H2,(H2,17,22)(H,19,23)/t12-/m0/s1. The number of rotatable bonds is 5. The maximum absolute atomic E-state index is 11.9. The number of aromatic nitrogens is 2. The van der Waals surface area contributed by atoms with E-state index in [2.05, 4.69) is 19.0 Å². The van der Waals surface area contributed by atoms with Crippen molar-refractivity contribution in [3.05, 3.63) is 41.7 Å². The number of hydrogen-bond acceptors (Lipinski definition) is 6. The Hall–Kier alpha value is -2.32. The molecule has 3 rings (SSSR count). The van der Waals surface area contributed by atoms with Gasteiger partial charge >= 0.3 is 0 Å². The molecule has 0 bridgehead atoms. The average Bonchev–Trinajstić information content (AvgIpc) is 3.11. The van der Waals surface area contributed by atoms with Gasteiger partial charge in [0, 0.05) is 18.8 Å². The molecule has 0 radical (unpaired) electrons. The van der Waals surface area contributed by atoms with E-state index in [0.29, 0.717) is 17.9 Å². The molecule has 2 aromatic rings. The Labute approximate surface area is 144 Å². The highest BCUT2D eigenvalue weighted by molar-refractivity contribution is 6.99. The van der Waals surface area contributed by atoms with Crippen LogP contribution < -0.4 is 11.1 Å². The molecule has 0 unspecified atom stereocenters. The smallest absolute Gasteiger partial charge is 0.277 e. The monoisotopic (exact) mass is 345 g/mol. The van der Waals surface area contributed by atoms with Gasteiger partial charge in [-0.1, -0.05) is 12.1 Å². The average molecular weight is 345 g/mol. The molecular formula is C16H19N5O2S. The number of anilines is 1. The molecule has 1 aromatic carbocycles. The lowest BCUT2D eigenvalue weighted by molar-refractivity contribution is -0.123.